The number of rotatable bonds is 9. The molecule has 5 nitrogen and oxygen atoms in total. The molecule has 0 atom stereocenters. The molecule has 1 aliphatic carbocycles. The van der Waals surface area contributed by atoms with Crippen LogP contribution in [-0.4, -0.2) is 9.97 Å². The maximum Gasteiger partial charge on any atom is 0.110 e. The van der Waals surface area contributed by atoms with Gasteiger partial charge in [0.05, 0.1) is 22.8 Å². The summed E-state index contributed by atoms with van der Waals surface area (Å²) in [5, 5.41) is 0. The standard InChI is InChI=1S/C65H45N5/c1-6-18-50(19-7-1)68(51-20-8-2-9-21-51)55-36-30-46(31-37-55)48-34-40-61-59(44-48)65(63-57(28-16-42-66-63)58-29-17-43-67-64(58)65)60-45-49(35-41-62(60)70(61)54-26-14-5-15-27-54)47-32-38-56(39-33-47)69(52-22-10-3-11-23-52)53-24-12-4-13-25-53/h1-45H. The Labute approximate surface area is 408 Å². The predicted octanol–water partition coefficient (Wildman–Crippen LogP) is 16.9. The minimum atomic E-state index is -0.843. The molecule has 0 N–H and O–H groups in total. The summed E-state index contributed by atoms with van der Waals surface area (Å²) in [4.78, 5) is 17.7. The lowest BCUT2D eigenvalue weighted by Gasteiger charge is -2.44. The molecule has 330 valence electrons. The van der Waals surface area contributed by atoms with Gasteiger partial charge in [-0.25, -0.2) is 0 Å². The van der Waals surface area contributed by atoms with Crippen LogP contribution in [0.3, 0.4) is 0 Å². The zero-order chi connectivity index (χ0) is 46.4. The van der Waals surface area contributed by atoms with Gasteiger partial charge in [0, 0.05) is 63.3 Å². The van der Waals surface area contributed by atoms with Crippen LogP contribution < -0.4 is 14.7 Å². The van der Waals surface area contributed by atoms with Crippen molar-refractivity contribution in [3.8, 4) is 33.4 Å². The molecule has 9 aromatic carbocycles. The van der Waals surface area contributed by atoms with Crippen molar-refractivity contribution in [3.63, 3.8) is 0 Å². The average molecular weight is 896 g/mol. The van der Waals surface area contributed by atoms with E-state index in [1.54, 1.807) is 0 Å². The van der Waals surface area contributed by atoms with Crippen molar-refractivity contribution in [1.29, 1.82) is 0 Å². The second kappa shape index (κ2) is 17.1. The molecule has 2 aliphatic rings. The van der Waals surface area contributed by atoms with Crippen LogP contribution in [0.2, 0.25) is 0 Å². The summed E-state index contributed by atoms with van der Waals surface area (Å²) in [6, 6.07) is 93.4. The van der Waals surface area contributed by atoms with E-state index in [0.29, 0.717) is 0 Å². The second-order valence-corrected chi connectivity index (χ2v) is 17.8. The number of para-hydroxylation sites is 5. The van der Waals surface area contributed by atoms with Gasteiger partial charge < -0.3 is 14.7 Å². The number of hydrogen-bond donors (Lipinski definition) is 0. The lowest BCUT2D eigenvalue weighted by molar-refractivity contribution is 0.701. The van der Waals surface area contributed by atoms with Crippen LogP contribution in [0.5, 0.6) is 0 Å². The summed E-state index contributed by atoms with van der Waals surface area (Å²) >= 11 is 0. The maximum atomic E-state index is 5.36. The van der Waals surface area contributed by atoms with Gasteiger partial charge in [-0.3, -0.25) is 9.97 Å². The van der Waals surface area contributed by atoms with Crippen molar-refractivity contribution in [2.75, 3.05) is 14.7 Å². The van der Waals surface area contributed by atoms with Crippen LogP contribution >= 0.6 is 0 Å². The van der Waals surface area contributed by atoms with Crippen molar-refractivity contribution in [2.24, 2.45) is 0 Å². The summed E-state index contributed by atoms with van der Waals surface area (Å²) < 4.78 is 0. The number of aromatic nitrogens is 2. The van der Waals surface area contributed by atoms with Gasteiger partial charge in [-0.2, -0.15) is 0 Å². The van der Waals surface area contributed by atoms with Crippen molar-refractivity contribution in [2.45, 2.75) is 5.41 Å². The molecule has 13 rings (SSSR count). The van der Waals surface area contributed by atoms with Crippen molar-refractivity contribution in [3.05, 3.63) is 296 Å². The molecule has 1 aliphatic heterocycles. The van der Waals surface area contributed by atoms with Gasteiger partial charge in [-0.15, -0.1) is 0 Å². The topological polar surface area (TPSA) is 35.5 Å². The number of pyridine rings is 2. The first-order valence-electron chi connectivity index (χ1n) is 23.8. The smallest absolute Gasteiger partial charge is 0.110 e. The van der Waals surface area contributed by atoms with Crippen LogP contribution in [0, 0.1) is 0 Å². The predicted molar refractivity (Wildman–Crippen MR) is 288 cm³/mol. The van der Waals surface area contributed by atoms with Gasteiger partial charge in [-0.1, -0.05) is 140 Å². The zero-order valence-corrected chi connectivity index (χ0v) is 38.2. The highest BCUT2D eigenvalue weighted by molar-refractivity contribution is 5.96. The summed E-state index contributed by atoms with van der Waals surface area (Å²) in [6.07, 6.45) is 3.88. The Morgan fingerprint density at radius 2 is 0.629 bits per heavy atom. The molecule has 0 fully saturated rings. The third-order valence-corrected chi connectivity index (χ3v) is 13.9. The molecule has 0 bridgehead atoms. The molecule has 0 saturated heterocycles. The van der Waals surface area contributed by atoms with E-state index in [0.717, 1.165) is 107 Å². The first-order chi connectivity index (χ1) is 34.7. The van der Waals surface area contributed by atoms with E-state index >= 15 is 0 Å². The fourth-order valence-corrected chi connectivity index (χ4v) is 10.8. The number of anilines is 9. The Hall–Kier alpha value is -9.32. The normalized spacial score (nSPS) is 12.7. The van der Waals surface area contributed by atoms with E-state index in [4.69, 9.17) is 9.97 Å². The Bertz CT molecular complexity index is 3340. The third kappa shape index (κ3) is 6.70. The lowest BCUT2D eigenvalue weighted by Crippen LogP contribution is -2.37. The summed E-state index contributed by atoms with van der Waals surface area (Å²) in [6.45, 7) is 0. The number of benzene rings is 9. The number of hydrogen-bond acceptors (Lipinski definition) is 5. The second-order valence-electron chi connectivity index (χ2n) is 17.8. The monoisotopic (exact) mass is 895 g/mol. The van der Waals surface area contributed by atoms with Crippen LogP contribution in [0.4, 0.5) is 51.2 Å². The highest BCUT2D eigenvalue weighted by atomic mass is 15.2. The summed E-state index contributed by atoms with van der Waals surface area (Å²) in [5.74, 6) is 0. The third-order valence-electron chi connectivity index (χ3n) is 13.9. The molecule has 0 unspecified atom stereocenters. The zero-order valence-electron chi connectivity index (χ0n) is 38.2. The fraction of sp³-hybridized carbons (Fsp3) is 0.0154. The molecule has 70 heavy (non-hydrogen) atoms. The van der Waals surface area contributed by atoms with Gasteiger partial charge in [0.15, 0.2) is 0 Å². The highest BCUT2D eigenvalue weighted by Crippen LogP contribution is 2.63. The van der Waals surface area contributed by atoms with E-state index in [-0.39, 0.29) is 0 Å². The lowest BCUT2D eigenvalue weighted by atomic mass is 9.67. The largest absolute Gasteiger partial charge is 0.311 e. The molecule has 11 aromatic rings. The molecular weight excluding hydrogens is 851 g/mol. The molecular formula is C65H45N5. The average Bonchev–Trinajstić information content (AvgIpc) is 3.74. The van der Waals surface area contributed by atoms with Crippen LogP contribution in [0.1, 0.15) is 22.5 Å². The summed E-state index contributed by atoms with van der Waals surface area (Å²) in [5.41, 5.74) is 19.9. The number of fused-ring (bicyclic) bond motifs is 9. The van der Waals surface area contributed by atoms with Gasteiger partial charge in [-0.05, 0) is 155 Å². The molecule has 3 heterocycles. The van der Waals surface area contributed by atoms with Crippen LogP contribution in [-0.2, 0) is 5.41 Å². The minimum Gasteiger partial charge on any atom is -0.311 e. The SMILES string of the molecule is c1ccc(N(c2ccccc2)c2ccc(-c3ccc4c(c3)C3(c5cc(-c6ccc(N(c7ccccc7)c7ccccc7)cc6)ccc5N4c4ccccc4)c4ncccc4-c4cccnc43)cc2)cc1. The van der Waals surface area contributed by atoms with Crippen LogP contribution in [0.15, 0.2) is 273 Å². The van der Waals surface area contributed by atoms with Crippen LogP contribution in [0.25, 0.3) is 33.4 Å². The first-order valence-corrected chi connectivity index (χ1v) is 23.8. The Balaban J connectivity index is 0.996. The van der Waals surface area contributed by atoms with E-state index in [9.17, 15) is 0 Å². The molecule has 2 aromatic heterocycles. The van der Waals surface area contributed by atoms with Gasteiger partial charge in [0.25, 0.3) is 0 Å². The van der Waals surface area contributed by atoms with E-state index < -0.39 is 5.41 Å². The highest BCUT2D eigenvalue weighted by Gasteiger charge is 2.54. The minimum absolute atomic E-state index is 0.843. The van der Waals surface area contributed by atoms with Crippen molar-refractivity contribution < 1.29 is 0 Å². The first kappa shape index (κ1) is 40.9. The fourth-order valence-electron chi connectivity index (χ4n) is 10.8. The molecule has 5 heteroatoms. The van der Waals surface area contributed by atoms with E-state index in [2.05, 4.69) is 263 Å². The molecule has 0 saturated carbocycles. The van der Waals surface area contributed by atoms with Gasteiger partial charge in [0.1, 0.15) is 5.41 Å². The quantitative estimate of drug-likeness (QED) is 0.144. The van der Waals surface area contributed by atoms with E-state index in [1.165, 1.54) is 0 Å². The molecule has 0 amide bonds. The van der Waals surface area contributed by atoms with Gasteiger partial charge in [0.2, 0.25) is 0 Å². The maximum absolute atomic E-state index is 5.36. The Kier molecular flexibility index (Phi) is 9.98. The van der Waals surface area contributed by atoms with Crippen molar-refractivity contribution in [1.82, 2.24) is 9.97 Å². The summed E-state index contributed by atoms with van der Waals surface area (Å²) in [7, 11) is 0. The Morgan fingerprint density at radius 1 is 0.300 bits per heavy atom. The Morgan fingerprint density at radius 3 is 1.00 bits per heavy atom. The molecule has 1 spiro atoms. The molecule has 0 radical (unpaired) electrons. The van der Waals surface area contributed by atoms with Crippen molar-refractivity contribution >= 4 is 51.2 Å². The van der Waals surface area contributed by atoms with Gasteiger partial charge >= 0.3 is 0 Å². The van der Waals surface area contributed by atoms with E-state index in [1.807, 2.05) is 24.5 Å². The number of nitrogens with zero attached hydrogens (tertiary/aromatic N) is 5.